The maximum Gasteiger partial charge on any atom is 0.317 e. The number of hydrogen-bond acceptors (Lipinski definition) is 2. The fraction of sp³-hybridized carbons (Fsp3) is 0.500. The first-order valence-corrected chi connectivity index (χ1v) is 6.77. The Morgan fingerprint density at radius 2 is 2.00 bits per heavy atom. The van der Waals surface area contributed by atoms with Gasteiger partial charge in [-0.25, -0.2) is 13.6 Å². The number of rotatable bonds is 4. The number of urea groups is 1. The fourth-order valence-electron chi connectivity index (χ4n) is 2.12. The Morgan fingerprint density at radius 3 is 2.70 bits per heavy atom. The van der Waals surface area contributed by atoms with Gasteiger partial charge in [-0.3, -0.25) is 0 Å². The van der Waals surface area contributed by atoms with Gasteiger partial charge in [-0.1, -0.05) is 0 Å². The van der Waals surface area contributed by atoms with E-state index in [0.29, 0.717) is 0 Å². The molecule has 1 aliphatic heterocycles. The molecule has 2 amide bonds. The first-order chi connectivity index (χ1) is 9.66. The molecule has 0 radical (unpaired) electrons. The van der Waals surface area contributed by atoms with Gasteiger partial charge in [0.15, 0.2) is 11.6 Å². The molecular formula is C14H18F2N2O2. The Bertz CT molecular complexity index is 462. The predicted molar refractivity (Wildman–Crippen MR) is 70.7 cm³/mol. The topological polar surface area (TPSA) is 41.6 Å². The Balaban J connectivity index is 1.69. The maximum atomic E-state index is 13.3. The highest BCUT2D eigenvalue weighted by atomic mass is 19.1. The number of amides is 2. The second kappa shape index (κ2) is 7.07. The first kappa shape index (κ1) is 14.6. The van der Waals surface area contributed by atoms with Crippen LogP contribution in [0.1, 0.15) is 19.3 Å². The quantitative estimate of drug-likeness (QED) is 0.863. The molecule has 1 aromatic carbocycles. The molecule has 0 unspecified atom stereocenters. The van der Waals surface area contributed by atoms with Gasteiger partial charge in [0.1, 0.15) is 12.4 Å². The van der Waals surface area contributed by atoms with Gasteiger partial charge in [0.05, 0.1) is 6.54 Å². The molecule has 4 nitrogen and oxygen atoms in total. The lowest BCUT2D eigenvalue weighted by molar-refractivity contribution is 0.183. The molecule has 1 aliphatic rings. The highest BCUT2D eigenvalue weighted by Crippen LogP contribution is 2.17. The molecule has 6 heteroatoms. The molecule has 20 heavy (non-hydrogen) atoms. The monoisotopic (exact) mass is 284 g/mol. The van der Waals surface area contributed by atoms with Crippen molar-refractivity contribution in [2.75, 3.05) is 26.2 Å². The molecule has 0 atom stereocenters. The van der Waals surface area contributed by atoms with Crippen molar-refractivity contribution in [1.29, 1.82) is 0 Å². The summed E-state index contributed by atoms with van der Waals surface area (Å²) in [5.41, 5.74) is 0. The van der Waals surface area contributed by atoms with E-state index in [9.17, 15) is 13.6 Å². The van der Waals surface area contributed by atoms with Gasteiger partial charge in [0.25, 0.3) is 0 Å². The number of nitrogens with one attached hydrogen (secondary N) is 1. The Hall–Kier alpha value is -1.85. The summed E-state index contributed by atoms with van der Waals surface area (Å²) in [6.45, 7) is 1.98. The molecule has 0 aliphatic carbocycles. The van der Waals surface area contributed by atoms with Crippen molar-refractivity contribution < 1.29 is 18.3 Å². The van der Waals surface area contributed by atoms with E-state index in [1.807, 2.05) is 0 Å². The second-order valence-corrected chi connectivity index (χ2v) is 4.70. The van der Waals surface area contributed by atoms with Crippen LogP contribution in [0.2, 0.25) is 0 Å². The third-order valence-electron chi connectivity index (χ3n) is 3.17. The van der Waals surface area contributed by atoms with Gasteiger partial charge in [-0.15, -0.1) is 0 Å². The SMILES string of the molecule is O=C(NCCOc1ccc(F)cc1F)N1CCCCC1. The van der Waals surface area contributed by atoms with Gasteiger partial charge in [0, 0.05) is 19.2 Å². The molecule has 2 rings (SSSR count). The zero-order valence-electron chi connectivity index (χ0n) is 11.2. The van der Waals surface area contributed by atoms with Crippen LogP contribution >= 0.6 is 0 Å². The maximum absolute atomic E-state index is 13.3. The van der Waals surface area contributed by atoms with E-state index in [-0.39, 0.29) is 24.9 Å². The van der Waals surface area contributed by atoms with E-state index < -0.39 is 11.6 Å². The summed E-state index contributed by atoms with van der Waals surface area (Å²) >= 11 is 0. The molecule has 0 bridgehead atoms. The second-order valence-electron chi connectivity index (χ2n) is 4.70. The third kappa shape index (κ3) is 4.08. The van der Waals surface area contributed by atoms with Gasteiger partial charge in [0.2, 0.25) is 0 Å². The average molecular weight is 284 g/mol. The molecule has 1 aromatic rings. The van der Waals surface area contributed by atoms with E-state index in [4.69, 9.17) is 4.74 Å². The van der Waals surface area contributed by atoms with Gasteiger partial charge < -0.3 is 15.0 Å². The van der Waals surface area contributed by atoms with Crippen molar-refractivity contribution in [2.45, 2.75) is 19.3 Å². The van der Waals surface area contributed by atoms with E-state index in [1.165, 1.54) is 6.07 Å². The molecule has 1 N–H and O–H groups in total. The Kier molecular flexibility index (Phi) is 5.15. The van der Waals surface area contributed by atoms with Crippen LogP contribution in [-0.2, 0) is 0 Å². The molecular weight excluding hydrogens is 266 g/mol. The number of nitrogens with zero attached hydrogens (tertiary/aromatic N) is 1. The summed E-state index contributed by atoms with van der Waals surface area (Å²) in [5.74, 6) is -1.40. The number of halogens is 2. The van der Waals surface area contributed by atoms with Crippen LogP contribution in [0.25, 0.3) is 0 Å². The summed E-state index contributed by atoms with van der Waals surface area (Å²) in [7, 11) is 0. The third-order valence-corrected chi connectivity index (χ3v) is 3.17. The standard InChI is InChI=1S/C14H18F2N2O2/c15-11-4-5-13(12(16)10-11)20-9-6-17-14(19)18-7-2-1-3-8-18/h4-5,10H,1-3,6-9H2,(H,17,19). The minimum absolute atomic E-state index is 0.0152. The highest BCUT2D eigenvalue weighted by Gasteiger charge is 2.15. The highest BCUT2D eigenvalue weighted by molar-refractivity contribution is 5.74. The lowest BCUT2D eigenvalue weighted by Crippen LogP contribution is -2.43. The van der Waals surface area contributed by atoms with Crippen LogP contribution in [0.3, 0.4) is 0 Å². The van der Waals surface area contributed by atoms with Crippen molar-refractivity contribution in [2.24, 2.45) is 0 Å². The molecule has 0 aromatic heterocycles. The normalized spacial score (nSPS) is 15.0. The van der Waals surface area contributed by atoms with E-state index in [0.717, 1.165) is 44.5 Å². The van der Waals surface area contributed by atoms with Crippen LogP contribution < -0.4 is 10.1 Å². The van der Waals surface area contributed by atoms with Crippen LogP contribution in [0.15, 0.2) is 18.2 Å². The van der Waals surface area contributed by atoms with E-state index in [1.54, 1.807) is 4.90 Å². The van der Waals surface area contributed by atoms with Crippen molar-refractivity contribution in [3.05, 3.63) is 29.8 Å². The van der Waals surface area contributed by atoms with Crippen LogP contribution in [0.5, 0.6) is 5.75 Å². The van der Waals surface area contributed by atoms with E-state index in [2.05, 4.69) is 5.32 Å². The molecule has 110 valence electrons. The number of benzene rings is 1. The number of carbonyl (C=O) groups is 1. The molecule has 0 spiro atoms. The summed E-state index contributed by atoms with van der Waals surface area (Å²) in [6, 6.07) is 3.01. The number of hydrogen-bond donors (Lipinski definition) is 1. The molecule has 1 fully saturated rings. The summed E-state index contributed by atoms with van der Waals surface area (Å²) in [6.07, 6.45) is 3.23. The zero-order chi connectivity index (χ0) is 14.4. The average Bonchev–Trinajstić information content (AvgIpc) is 2.46. The van der Waals surface area contributed by atoms with Crippen molar-refractivity contribution >= 4 is 6.03 Å². The first-order valence-electron chi connectivity index (χ1n) is 6.77. The fourth-order valence-corrected chi connectivity index (χ4v) is 2.12. The smallest absolute Gasteiger partial charge is 0.317 e. The minimum Gasteiger partial charge on any atom is -0.489 e. The van der Waals surface area contributed by atoms with Crippen molar-refractivity contribution in [3.8, 4) is 5.75 Å². The zero-order valence-corrected chi connectivity index (χ0v) is 11.2. The molecule has 1 saturated heterocycles. The van der Waals surface area contributed by atoms with Crippen molar-refractivity contribution in [1.82, 2.24) is 10.2 Å². The largest absolute Gasteiger partial charge is 0.489 e. The lowest BCUT2D eigenvalue weighted by Gasteiger charge is -2.26. The molecule has 1 heterocycles. The Morgan fingerprint density at radius 1 is 1.25 bits per heavy atom. The van der Waals surface area contributed by atoms with E-state index >= 15 is 0 Å². The van der Waals surface area contributed by atoms with Crippen molar-refractivity contribution in [3.63, 3.8) is 0 Å². The number of carbonyl (C=O) groups excluding carboxylic acids is 1. The lowest BCUT2D eigenvalue weighted by atomic mass is 10.1. The van der Waals surface area contributed by atoms with Gasteiger partial charge in [-0.05, 0) is 31.4 Å². The van der Waals surface area contributed by atoms with Crippen LogP contribution in [-0.4, -0.2) is 37.2 Å². The van der Waals surface area contributed by atoms with Gasteiger partial charge >= 0.3 is 6.03 Å². The predicted octanol–water partition coefficient (Wildman–Crippen LogP) is 2.54. The molecule has 0 saturated carbocycles. The van der Waals surface area contributed by atoms with Crippen LogP contribution in [0.4, 0.5) is 13.6 Å². The van der Waals surface area contributed by atoms with Crippen LogP contribution in [0, 0.1) is 11.6 Å². The Labute approximate surface area is 116 Å². The number of ether oxygens (including phenoxy) is 1. The number of likely N-dealkylation sites (tertiary alicyclic amines) is 1. The summed E-state index contributed by atoms with van der Waals surface area (Å²) in [5, 5.41) is 2.72. The van der Waals surface area contributed by atoms with Gasteiger partial charge in [-0.2, -0.15) is 0 Å². The summed E-state index contributed by atoms with van der Waals surface area (Å²) in [4.78, 5) is 13.5. The summed E-state index contributed by atoms with van der Waals surface area (Å²) < 4.78 is 31.1. The number of piperidine rings is 1. The minimum atomic E-state index is -0.743.